The number of nitriles is 1. The first-order valence-corrected chi connectivity index (χ1v) is 15.6. The Hall–Kier alpha value is -4.69. The van der Waals surface area contributed by atoms with Gasteiger partial charge in [-0.25, -0.2) is 4.39 Å². The molecule has 11 heteroatoms. The highest BCUT2D eigenvalue weighted by molar-refractivity contribution is 6.31. The number of benzene rings is 3. The third-order valence-corrected chi connectivity index (χ3v) is 8.31. The molecule has 4 aromatic rings. The number of pyridine rings is 1. The van der Waals surface area contributed by atoms with Gasteiger partial charge in [-0.3, -0.25) is 9.78 Å². The zero-order valence-corrected chi connectivity index (χ0v) is 26.9. The monoisotopic (exact) mass is 661 g/mol. The topological polar surface area (TPSA) is 145 Å². The number of aliphatic hydroxyl groups is 1. The van der Waals surface area contributed by atoms with Crippen molar-refractivity contribution in [2.24, 2.45) is 0 Å². The number of carboxylic acid groups (broad SMARTS) is 1. The Labute approximate surface area is 278 Å². The Bertz CT molecular complexity index is 1750. The number of phenols is 1. The van der Waals surface area contributed by atoms with Crippen molar-refractivity contribution in [1.29, 1.82) is 5.26 Å². The summed E-state index contributed by atoms with van der Waals surface area (Å²) in [4.78, 5) is 12.5. The van der Waals surface area contributed by atoms with Crippen molar-refractivity contribution in [2.45, 2.75) is 58.2 Å². The molecule has 4 N–H and O–H groups in total. The zero-order valence-electron chi connectivity index (χ0n) is 26.2. The van der Waals surface area contributed by atoms with Crippen LogP contribution < -0.4 is 14.8 Å². The van der Waals surface area contributed by atoms with Gasteiger partial charge >= 0.3 is 0 Å². The van der Waals surface area contributed by atoms with E-state index >= 15 is 4.39 Å². The van der Waals surface area contributed by atoms with Gasteiger partial charge in [0.15, 0.2) is 11.5 Å². The average Bonchev–Trinajstić information content (AvgIpc) is 3.49. The summed E-state index contributed by atoms with van der Waals surface area (Å²) >= 11 is 6.85. The number of nitrogens with zero attached hydrogens (tertiary/aromatic N) is 2. The van der Waals surface area contributed by atoms with E-state index < -0.39 is 5.82 Å². The molecular formula is C36H37ClFN3O6. The number of ether oxygens (including phenoxy) is 2. The first-order chi connectivity index (χ1) is 22.7. The third kappa shape index (κ3) is 8.77. The Morgan fingerprint density at radius 2 is 1.94 bits per heavy atom. The van der Waals surface area contributed by atoms with Crippen molar-refractivity contribution in [2.75, 3.05) is 13.2 Å². The van der Waals surface area contributed by atoms with Crippen LogP contribution in [-0.2, 0) is 30.8 Å². The summed E-state index contributed by atoms with van der Waals surface area (Å²) in [6.07, 6.45) is 5.48. The number of nitrogens with one attached hydrogen (secondary N) is 1. The maximum atomic E-state index is 15.2. The van der Waals surface area contributed by atoms with Crippen molar-refractivity contribution in [3.63, 3.8) is 0 Å². The van der Waals surface area contributed by atoms with E-state index in [0.717, 1.165) is 46.2 Å². The fourth-order valence-electron chi connectivity index (χ4n) is 5.69. The smallest absolute Gasteiger partial charge is 0.290 e. The second kappa shape index (κ2) is 16.7. The van der Waals surface area contributed by atoms with Crippen LogP contribution in [0.5, 0.6) is 17.2 Å². The number of hydrogen-bond acceptors (Lipinski definition) is 8. The lowest BCUT2D eigenvalue weighted by atomic mass is 9.90. The highest BCUT2D eigenvalue weighted by atomic mass is 35.5. The standard InChI is InChI=1S/C35H35ClFN3O4.CH2O2/c1-3-43-35-14-32(37)30(13-33(35)42)28-6-4-5-27-24(7-8-29(27)28)10-25-12-34(26(11-31(25)36)18-40-21(2)19-41)44-20-23-9-22(15-38)16-39-17-23;2-1-3/h4-6,9,11-14,16-17,21,24,40-42H,3,7-8,10,18-20H2,1-2H3;1H,(H,2,3)/t21?,24-;/m1./s1. The summed E-state index contributed by atoms with van der Waals surface area (Å²) in [5, 5.41) is 40.0. The van der Waals surface area contributed by atoms with E-state index in [1.807, 2.05) is 31.2 Å². The number of phenolic OH excluding ortho intramolecular Hbond substituents is 1. The van der Waals surface area contributed by atoms with Gasteiger partial charge in [0.05, 0.1) is 18.8 Å². The minimum atomic E-state index is -0.442. The van der Waals surface area contributed by atoms with Crippen molar-refractivity contribution < 1.29 is 34.0 Å². The van der Waals surface area contributed by atoms with Gasteiger partial charge in [-0.1, -0.05) is 29.8 Å². The van der Waals surface area contributed by atoms with Crippen molar-refractivity contribution in [3.8, 4) is 34.4 Å². The van der Waals surface area contributed by atoms with Gasteiger partial charge < -0.3 is 30.1 Å². The molecule has 3 aromatic carbocycles. The van der Waals surface area contributed by atoms with E-state index in [4.69, 9.17) is 31.0 Å². The summed E-state index contributed by atoms with van der Waals surface area (Å²) in [6.45, 7) is 4.42. The lowest BCUT2D eigenvalue weighted by molar-refractivity contribution is -0.122. The Morgan fingerprint density at radius 1 is 1.15 bits per heavy atom. The van der Waals surface area contributed by atoms with Crippen LogP contribution in [0.2, 0.25) is 5.02 Å². The summed E-state index contributed by atoms with van der Waals surface area (Å²) in [5.41, 5.74) is 6.33. The van der Waals surface area contributed by atoms with E-state index in [-0.39, 0.29) is 43.1 Å². The molecule has 1 unspecified atom stereocenters. The van der Waals surface area contributed by atoms with E-state index in [2.05, 4.69) is 22.4 Å². The maximum Gasteiger partial charge on any atom is 0.290 e. The van der Waals surface area contributed by atoms with Crippen LogP contribution >= 0.6 is 11.6 Å². The molecule has 9 nitrogen and oxygen atoms in total. The van der Waals surface area contributed by atoms with Crippen LogP contribution in [0.25, 0.3) is 11.1 Å². The second-order valence-electron chi connectivity index (χ2n) is 11.1. The fraction of sp³-hybridized carbons (Fsp3) is 0.306. The molecule has 1 aromatic heterocycles. The molecule has 1 aliphatic carbocycles. The highest BCUT2D eigenvalue weighted by Gasteiger charge is 2.27. The molecule has 5 rings (SSSR count). The van der Waals surface area contributed by atoms with Gasteiger partial charge in [-0.05, 0) is 85.5 Å². The molecular weight excluding hydrogens is 625 g/mol. The normalized spacial score (nSPS) is 13.9. The molecule has 1 aliphatic rings. The molecule has 0 radical (unpaired) electrons. The Balaban J connectivity index is 0.00000160. The maximum absolute atomic E-state index is 15.2. The number of aromatic nitrogens is 1. The minimum absolute atomic E-state index is 0.00210. The number of halogens is 2. The van der Waals surface area contributed by atoms with E-state index in [1.165, 1.54) is 18.3 Å². The van der Waals surface area contributed by atoms with Crippen LogP contribution in [0, 0.1) is 17.1 Å². The molecule has 0 amide bonds. The van der Waals surface area contributed by atoms with Crippen LogP contribution in [0.3, 0.4) is 0 Å². The number of carbonyl (C=O) groups is 1. The summed E-state index contributed by atoms with van der Waals surface area (Å²) < 4.78 is 26.8. The first kappa shape index (κ1) is 35.2. The van der Waals surface area contributed by atoms with Gasteiger partial charge in [-0.2, -0.15) is 5.26 Å². The van der Waals surface area contributed by atoms with Crippen molar-refractivity contribution in [3.05, 3.63) is 105 Å². The molecule has 0 saturated carbocycles. The number of aromatic hydroxyl groups is 1. The first-order valence-electron chi connectivity index (χ1n) is 15.2. The molecule has 1 heterocycles. The minimum Gasteiger partial charge on any atom is -0.504 e. The number of rotatable bonds is 12. The molecule has 0 fully saturated rings. The molecule has 246 valence electrons. The summed E-state index contributed by atoms with van der Waals surface area (Å²) in [5.74, 6) is 0.411. The Kier molecular flexibility index (Phi) is 12.5. The number of fused-ring (bicyclic) bond motifs is 1. The molecule has 0 saturated heterocycles. The van der Waals surface area contributed by atoms with Gasteiger partial charge in [0, 0.05) is 52.8 Å². The number of hydrogen-bond donors (Lipinski definition) is 4. The summed E-state index contributed by atoms with van der Waals surface area (Å²) in [7, 11) is 0. The fourth-order valence-corrected chi connectivity index (χ4v) is 5.96. The lowest BCUT2D eigenvalue weighted by Crippen LogP contribution is -2.28. The predicted octanol–water partition coefficient (Wildman–Crippen LogP) is 6.54. The SMILES string of the molecule is CCOc1cc(F)c(-c2cccc3c2CC[C@@H]3Cc2cc(OCc3cncc(C#N)c3)c(CNC(C)CO)cc2Cl)cc1O.O=CO. The molecule has 47 heavy (non-hydrogen) atoms. The Morgan fingerprint density at radius 3 is 2.66 bits per heavy atom. The second-order valence-corrected chi connectivity index (χ2v) is 11.6. The summed E-state index contributed by atoms with van der Waals surface area (Å²) in [6, 6.07) is 16.2. The van der Waals surface area contributed by atoms with E-state index in [1.54, 1.807) is 19.2 Å². The largest absolute Gasteiger partial charge is 0.504 e. The lowest BCUT2D eigenvalue weighted by Gasteiger charge is -2.19. The molecule has 0 aliphatic heterocycles. The van der Waals surface area contributed by atoms with Crippen molar-refractivity contribution in [1.82, 2.24) is 10.3 Å². The zero-order chi connectivity index (χ0) is 33.9. The van der Waals surface area contributed by atoms with Crippen molar-refractivity contribution >= 4 is 18.1 Å². The van der Waals surface area contributed by atoms with Gasteiger partial charge in [0.2, 0.25) is 0 Å². The van der Waals surface area contributed by atoms with Crippen LogP contribution in [-0.4, -0.2) is 46.0 Å². The highest BCUT2D eigenvalue weighted by Crippen LogP contribution is 2.44. The number of aliphatic hydroxyl groups excluding tert-OH is 1. The molecule has 0 spiro atoms. The van der Waals surface area contributed by atoms with Gasteiger partial charge in [0.1, 0.15) is 24.2 Å². The van der Waals surface area contributed by atoms with Crippen LogP contribution in [0.15, 0.2) is 60.9 Å². The van der Waals surface area contributed by atoms with Gasteiger partial charge in [-0.15, -0.1) is 0 Å². The predicted molar refractivity (Wildman–Crippen MR) is 176 cm³/mol. The van der Waals surface area contributed by atoms with Crippen LogP contribution in [0.4, 0.5) is 4.39 Å². The van der Waals surface area contributed by atoms with E-state index in [0.29, 0.717) is 41.5 Å². The molecule has 0 bridgehead atoms. The van der Waals surface area contributed by atoms with Gasteiger partial charge in [0.25, 0.3) is 6.47 Å². The molecule has 2 atom stereocenters. The third-order valence-electron chi connectivity index (χ3n) is 7.96. The quantitative estimate of drug-likeness (QED) is 0.124. The van der Waals surface area contributed by atoms with Crippen LogP contribution in [0.1, 0.15) is 59.6 Å². The van der Waals surface area contributed by atoms with E-state index in [9.17, 15) is 15.5 Å². The average molecular weight is 662 g/mol.